The third-order valence-corrected chi connectivity index (χ3v) is 3.26. The monoisotopic (exact) mass is 263 g/mol. The van der Waals surface area contributed by atoms with Gasteiger partial charge in [0.1, 0.15) is 11.3 Å². The van der Waals surface area contributed by atoms with Gasteiger partial charge in [0.15, 0.2) is 0 Å². The molecule has 1 aliphatic heterocycles. The molecule has 2 rings (SSSR count). The molecule has 1 aromatic carbocycles. The second-order valence-electron chi connectivity index (χ2n) is 4.74. The molecule has 1 heterocycles. The molecule has 4 heteroatoms. The lowest BCUT2D eigenvalue weighted by Gasteiger charge is -2.23. The van der Waals surface area contributed by atoms with Gasteiger partial charge < -0.3 is 14.8 Å². The van der Waals surface area contributed by atoms with E-state index in [1.807, 2.05) is 18.2 Å². The summed E-state index contributed by atoms with van der Waals surface area (Å²) in [6.45, 7) is 4.90. The number of ether oxygens (including phenoxy) is 2. The maximum absolute atomic E-state index is 11.8. The SMILES string of the molecule is CCOC(=O)c1ccccc1OCC1CCCNC1. The Morgan fingerprint density at radius 3 is 3.00 bits per heavy atom. The normalized spacial score (nSPS) is 18.9. The summed E-state index contributed by atoms with van der Waals surface area (Å²) >= 11 is 0. The summed E-state index contributed by atoms with van der Waals surface area (Å²) in [6, 6.07) is 7.26. The van der Waals surface area contributed by atoms with E-state index < -0.39 is 0 Å². The highest BCUT2D eigenvalue weighted by Crippen LogP contribution is 2.21. The molecule has 104 valence electrons. The molecule has 1 N–H and O–H groups in total. The lowest BCUT2D eigenvalue weighted by Crippen LogP contribution is -2.33. The van der Waals surface area contributed by atoms with Gasteiger partial charge in [-0.15, -0.1) is 0 Å². The predicted octanol–water partition coefficient (Wildman–Crippen LogP) is 2.24. The Balaban J connectivity index is 1.97. The van der Waals surface area contributed by atoms with Crippen LogP contribution in [0.2, 0.25) is 0 Å². The lowest BCUT2D eigenvalue weighted by atomic mass is 10.0. The fourth-order valence-electron chi connectivity index (χ4n) is 2.24. The van der Waals surface area contributed by atoms with E-state index in [9.17, 15) is 4.79 Å². The minimum atomic E-state index is -0.320. The lowest BCUT2D eigenvalue weighted by molar-refractivity contribution is 0.0520. The molecule has 19 heavy (non-hydrogen) atoms. The van der Waals surface area contributed by atoms with Crippen molar-refractivity contribution < 1.29 is 14.3 Å². The van der Waals surface area contributed by atoms with E-state index in [1.54, 1.807) is 13.0 Å². The fourth-order valence-corrected chi connectivity index (χ4v) is 2.24. The first-order valence-electron chi connectivity index (χ1n) is 6.91. The van der Waals surface area contributed by atoms with Gasteiger partial charge in [-0.1, -0.05) is 12.1 Å². The van der Waals surface area contributed by atoms with Gasteiger partial charge in [0.2, 0.25) is 0 Å². The van der Waals surface area contributed by atoms with E-state index in [0.29, 0.717) is 30.4 Å². The number of esters is 1. The summed E-state index contributed by atoms with van der Waals surface area (Å²) in [4.78, 5) is 11.8. The molecule has 0 spiro atoms. The highest BCUT2D eigenvalue weighted by Gasteiger charge is 2.16. The van der Waals surface area contributed by atoms with Crippen LogP contribution in [0.25, 0.3) is 0 Å². The first-order chi connectivity index (χ1) is 9.31. The third kappa shape index (κ3) is 3.96. The summed E-state index contributed by atoms with van der Waals surface area (Å²) in [5, 5.41) is 3.36. The number of carbonyl (C=O) groups excluding carboxylic acids is 1. The Hall–Kier alpha value is -1.55. The predicted molar refractivity (Wildman–Crippen MR) is 73.5 cm³/mol. The van der Waals surface area contributed by atoms with Crippen LogP contribution in [0.1, 0.15) is 30.1 Å². The van der Waals surface area contributed by atoms with Gasteiger partial charge in [0.05, 0.1) is 13.2 Å². The van der Waals surface area contributed by atoms with Crippen molar-refractivity contribution in [2.24, 2.45) is 5.92 Å². The van der Waals surface area contributed by atoms with Crippen molar-refractivity contribution in [3.05, 3.63) is 29.8 Å². The van der Waals surface area contributed by atoms with E-state index in [1.165, 1.54) is 12.8 Å². The number of hydrogen-bond acceptors (Lipinski definition) is 4. The molecular formula is C15H21NO3. The topological polar surface area (TPSA) is 47.6 Å². The number of piperidine rings is 1. The molecule has 1 fully saturated rings. The zero-order valence-electron chi connectivity index (χ0n) is 11.4. The maximum atomic E-state index is 11.8. The van der Waals surface area contributed by atoms with Crippen LogP contribution in [0.15, 0.2) is 24.3 Å². The zero-order valence-corrected chi connectivity index (χ0v) is 11.4. The molecule has 0 radical (unpaired) electrons. The second-order valence-corrected chi connectivity index (χ2v) is 4.74. The molecule has 1 aromatic rings. The van der Waals surface area contributed by atoms with Gasteiger partial charge in [-0.2, -0.15) is 0 Å². The number of carbonyl (C=O) groups is 1. The number of rotatable bonds is 5. The summed E-state index contributed by atoms with van der Waals surface area (Å²) in [5.74, 6) is 0.815. The Morgan fingerprint density at radius 1 is 1.42 bits per heavy atom. The quantitative estimate of drug-likeness (QED) is 0.828. The smallest absolute Gasteiger partial charge is 0.341 e. The van der Waals surface area contributed by atoms with E-state index in [0.717, 1.165) is 13.1 Å². The van der Waals surface area contributed by atoms with Crippen molar-refractivity contribution in [3.63, 3.8) is 0 Å². The average molecular weight is 263 g/mol. The van der Waals surface area contributed by atoms with E-state index in [4.69, 9.17) is 9.47 Å². The number of nitrogens with one attached hydrogen (secondary N) is 1. The zero-order chi connectivity index (χ0) is 13.5. The first-order valence-corrected chi connectivity index (χ1v) is 6.91. The van der Waals surface area contributed by atoms with Gasteiger partial charge in [0, 0.05) is 12.5 Å². The van der Waals surface area contributed by atoms with E-state index >= 15 is 0 Å². The molecule has 0 amide bonds. The van der Waals surface area contributed by atoms with Crippen LogP contribution in [0, 0.1) is 5.92 Å². The highest BCUT2D eigenvalue weighted by molar-refractivity contribution is 5.92. The fraction of sp³-hybridized carbons (Fsp3) is 0.533. The summed E-state index contributed by atoms with van der Waals surface area (Å²) in [7, 11) is 0. The van der Waals surface area contributed by atoms with Crippen LogP contribution in [0.3, 0.4) is 0 Å². The van der Waals surface area contributed by atoms with Crippen molar-refractivity contribution >= 4 is 5.97 Å². The number of hydrogen-bond donors (Lipinski definition) is 1. The number of para-hydroxylation sites is 1. The van der Waals surface area contributed by atoms with Crippen molar-refractivity contribution in [1.82, 2.24) is 5.32 Å². The molecule has 4 nitrogen and oxygen atoms in total. The average Bonchev–Trinajstić information content (AvgIpc) is 2.47. The molecular weight excluding hydrogens is 242 g/mol. The van der Waals surface area contributed by atoms with Crippen LogP contribution >= 0.6 is 0 Å². The Kier molecular flexibility index (Phi) is 5.21. The van der Waals surface area contributed by atoms with Crippen LogP contribution in [0.4, 0.5) is 0 Å². The molecule has 0 bridgehead atoms. The first kappa shape index (κ1) is 13.9. The van der Waals surface area contributed by atoms with Gasteiger partial charge >= 0.3 is 5.97 Å². The summed E-state index contributed by atoms with van der Waals surface area (Å²) < 4.78 is 10.8. The second kappa shape index (κ2) is 7.14. The van der Waals surface area contributed by atoms with Crippen LogP contribution < -0.4 is 10.1 Å². The molecule has 1 aliphatic rings. The Labute approximate surface area is 114 Å². The van der Waals surface area contributed by atoms with Crippen LogP contribution in [-0.2, 0) is 4.74 Å². The van der Waals surface area contributed by atoms with Crippen molar-refractivity contribution in [2.75, 3.05) is 26.3 Å². The minimum Gasteiger partial charge on any atom is -0.492 e. The third-order valence-electron chi connectivity index (χ3n) is 3.26. The van der Waals surface area contributed by atoms with Crippen LogP contribution in [-0.4, -0.2) is 32.3 Å². The van der Waals surface area contributed by atoms with Gasteiger partial charge in [-0.3, -0.25) is 0 Å². The maximum Gasteiger partial charge on any atom is 0.341 e. The molecule has 0 saturated carbocycles. The van der Waals surface area contributed by atoms with E-state index in [2.05, 4.69) is 5.32 Å². The Bertz CT molecular complexity index is 414. The molecule has 1 saturated heterocycles. The summed E-state index contributed by atoms with van der Waals surface area (Å²) in [6.07, 6.45) is 2.36. The minimum absolute atomic E-state index is 0.320. The molecule has 1 atom stereocenters. The summed E-state index contributed by atoms with van der Waals surface area (Å²) in [5.41, 5.74) is 0.508. The largest absolute Gasteiger partial charge is 0.492 e. The number of benzene rings is 1. The van der Waals surface area contributed by atoms with Gasteiger partial charge in [-0.05, 0) is 38.4 Å². The van der Waals surface area contributed by atoms with Crippen molar-refractivity contribution in [3.8, 4) is 5.75 Å². The van der Waals surface area contributed by atoms with Crippen LogP contribution in [0.5, 0.6) is 5.75 Å². The van der Waals surface area contributed by atoms with Crippen molar-refractivity contribution in [2.45, 2.75) is 19.8 Å². The highest BCUT2D eigenvalue weighted by atomic mass is 16.5. The standard InChI is InChI=1S/C15H21NO3/c1-2-18-15(17)13-7-3-4-8-14(13)19-11-12-6-5-9-16-10-12/h3-4,7-8,12,16H,2,5-6,9-11H2,1H3. The Morgan fingerprint density at radius 2 is 2.26 bits per heavy atom. The van der Waals surface area contributed by atoms with Gasteiger partial charge in [0.25, 0.3) is 0 Å². The molecule has 0 aliphatic carbocycles. The molecule has 1 unspecified atom stereocenters. The molecule has 0 aromatic heterocycles. The van der Waals surface area contributed by atoms with Gasteiger partial charge in [-0.25, -0.2) is 4.79 Å². The van der Waals surface area contributed by atoms with E-state index in [-0.39, 0.29) is 5.97 Å². The van der Waals surface area contributed by atoms with Crippen molar-refractivity contribution in [1.29, 1.82) is 0 Å².